The Morgan fingerprint density at radius 2 is 1.56 bits per heavy atom. The molecule has 32 heavy (non-hydrogen) atoms. The molecule has 0 aliphatic carbocycles. The van der Waals surface area contributed by atoms with Crippen molar-refractivity contribution in [1.29, 1.82) is 0 Å². The fourth-order valence-electron chi connectivity index (χ4n) is 3.16. The smallest absolute Gasteiger partial charge is 0.256 e. The standard InChI is InChI=1S/C26H26N2O4/c1-18-23(26(31)27-21-8-4-3-5-9-21)10-6-11-24(18)28-25(30)12-7-17-32-22-15-13-20(14-16-22)19(2)29/h3-6,8-11,13-16H,7,12,17H2,1-2H3,(H,27,31)(H,28,30). The van der Waals surface area contributed by atoms with Gasteiger partial charge in [-0.3, -0.25) is 14.4 Å². The van der Waals surface area contributed by atoms with Crippen molar-refractivity contribution in [2.75, 3.05) is 17.2 Å². The van der Waals surface area contributed by atoms with E-state index in [0.717, 1.165) is 0 Å². The Balaban J connectivity index is 1.50. The van der Waals surface area contributed by atoms with E-state index in [1.165, 1.54) is 6.92 Å². The highest BCUT2D eigenvalue weighted by Gasteiger charge is 2.13. The Hall–Kier alpha value is -3.93. The van der Waals surface area contributed by atoms with Crippen LogP contribution in [0.4, 0.5) is 11.4 Å². The largest absolute Gasteiger partial charge is 0.494 e. The number of carbonyl (C=O) groups excluding carboxylic acids is 3. The molecule has 2 amide bonds. The molecule has 0 aliphatic heterocycles. The highest BCUT2D eigenvalue weighted by atomic mass is 16.5. The Bertz CT molecular complexity index is 1090. The summed E-state index contributed by atoms with van der Waals surface area (Å²) < 4.78 is 5.63. The average Bonchev–Trinajstić information content (AvgIpc) is 2.79. The number of carbonyl (C=O) groups is 3. The van der Waals surface area contributed by atoms with Gasteiger partial charge in [0.15, 0.2) is 5.78 Å². The third-order valence-electron chi connectivity index (χ3n) is 4.96. The Labute approximate surface area is 187 Å². The van der Waals surface area contributed by atoms with Gasteiger partial charge in [0.1, 0.15) is 5.75 Å². The van der Waals surface area contributed by atoms with Crippen molar-refractivity contribution in [1.82, 2.24) is 0 Å². The SMILES string of the molecule is CC(=O)c1ccc(OCCCC(=O)Nc2cccc(C(=O)Nc3ccccc3)c2C)cc1. The van der Waals surface area contributed by atoms with Crippen LogP contribution in [0.1, 0.15) is 46.0 Å². The number of Topliss-reactive ketones (excluding diaryl/α,β-unsaturated/α-hetero) is 1. The first-order valence-electron chi connectivity index (χ1n) is 10.4. The summed E-state index contributed by atoms with van der Waals surface area (Å²) in [5.74, 6) is 0.284. The molecule has 3 aromatic carbocycles. The van der Waals surface area contributed by atoms with Gasteiger partial charge in [-0.25, -0.2) is 0 Å². The van der Waals surface area contributed by atoms with Crippen LogP contribution in [0.15, 0.2) is 72.8 Å². The number of hydrogen-bond donors (Lipinski definition) is 2. The van der Waals surface area contributed by atoms with Crippen molar-refractivity contribution < 1.29 is 19.1 Å². The fraction of sp³-hybridized carbons (Fsp3) is 0.192. The third-order valence-corrected chi connectivity index (χ3v) is 4.96. The molecule has 0 spiro atoms. The minimum Gasteiger partial charge on any atom is -0.494 e. The molecule has 0 fully saturated rings. The van der Waals surface area contributed by atoms with Crippen molar-refractivity contribution in [3.63, 3.8) is 0 Å². The molecule has 0 aliphatic rings. The topological polar surface area (TPSA) is 84.5 Å². The Morgan fingerprint density at radius 1 is 0.844 bits per heavy atom. The number of nitrogens with one attached hydrogen (secondary N) is 2. The van der Waals surface area contributed by atoms with Crippen LogP contribution >= 0.6 is 0 Å². The van der Waals surface area contributed by atoms with Gasteiger partial charge in [0.2, 0.25) is 5.91 Å². The van der Waals surface area contributed by atoms with Crippen LogP contribution in [-0.4, -0.2) is 24.2 Å². The predicted molar refractivity (Wildman–Crippen MR) is 125 cm³/mol. The first-order valence-corrected chi connectivity index (χ1v) is 10.4. The Kier molecular flexibility index (Phi) is 7.75. The lowest BCUT2D eigenvalue weighted by Crippen LogP contribution is -2.17. The van der Waals surface area contributed by atoms with Crippen LogP contribution in [0.5, 0.6) is 5.75 Å². The molecule has 0 heterocycles. The van der Waals surface area contributed by atoms with Crippen molar-refractivity contribution in [2.24, 2.45) is 0 Å². The van der Waals surface area contributed by atoms with Gasteiger partial charge in [-0.2, -0.15) is 0 Å². The van der Waals surface area contributed by atoms with Crippen molar-refractivity contribution in [3.8, 4) is 5.75 Å². The summed E-state index contributed by atoms with van der Waals surface area (Å²) in [6.45, 7) is 3.70. The van der Waals surface area contributed by atoms with Crippen molar-refractivity contribution >= 4 is 29.0 Å². The van der Waals surface area contributed by atoms with Crippen LogP contribution in [0.3, 0.4) is 0 Å². The molecule has 6 nitrogen and oxygen atoms in total. The number of hydrogen-bond acceptors (Lipinski definition) is 4. The van der Waals surface area contributed by atoms with E-state index in [1.807, 2.05) is 37.3 Å². The zero-order valence-electron chi connectivity index (χ0n) is 18.2. The molecule has 2 N–H and O–H groups in total. The lowest BCUT2D eigenvalue weighted by molar-refractivity contribution is -0.116. The summed E-state index contributed by atoms with van der Waals surface area (Å²) in [7, 11) is 0. The maximum absolute atomic E-state index is 12.6. The van der Waals surface area contributed by atoms with E-state index in [4.69, 9.17) is 4.74 Å². The molecule has 0 aromatic heterocycles. The molecular formula is C26H26N2O4. The molecule has 0 saturated carbocycles. The van der Waals surface area contributed by atoms with Crippen LogP contribution < -0.4 is 15.4 Å². The third kappa shape index (κ3) is 6.28. The second-order valence-corrected chi connectivity index (χ2v) is 7.38. The molecule has 3 aromatic rings. The molecule has 0 radical (unpaired) electrons. The maximum atomic E-state index is 12.6. The van der Waals surface area contributed by atoms with Crippen LogP contribution in [0, 0.1) is 6.92 Å². The van der Waals surface area contributed by atoms with Gasteiger partial charge in [0.05, 0.1) is 6.61 Å². The average molecular weight is 431 g/mol. The van der Waals surface area contributed by atoms with Gasteiger partial charge in [-0.1, -0.05) is 24.3 Å². The molecule has 164 valence electrons. The van der Waals surface area contributed by atoms with Crippen LogP contribution in [0.25, 0.3) is 0 Å². The molecule has 0 atom stereocenters. The van der Waals surface area contributed by atoms with E-state index in [0.29, 0.717) is 46.8 Å². The summed E-state index contributed by atoms with van der Waals surface area (Å²) in [5.41, 5.74) is 3.16. The fourth-order valence-corrected chi connectivity index (χ4v) is 3.16. The normalized spacial score (nSPS) is 10.3. The number of anilines is 2. The highest BCUT2D eigenvalue weighted by Crippen LogP contribution is 2.21. The van der Waals surface area contributed by atoms with E-state index in [1.54, 1.807) is 42.5 Å². The monoisotopic (exact) mass is 430 g/mol. The van der Waals surface area contributed by atoms with Crippen molar-refractivity contribution in [2.45, 2.75) is 26.7 Å². The van der Waals surface area contributed by atoms with E-state index < -0.39 is 0 Å². The highest BCUT2D eigenvalue weighted by molar-refractivity contribution is 6.06. The second-order valence-electron chi connectivity index (χ2n) is 7.38. The van der Waals surface area contributed by atoms with Crippen molar-refractivity contribution in [3.05, 3.63) is 89.5 Å². The zero-order chi connectivity index (χ0) is 22.9. The van der Waals surface area contributed by atoms with Crippen LogP contribution in [0.2, 0.25) is 0 Å². The van der Waals surface area contributed by atoms with Gasteiger partial charge < -0.3 is 15.4 Å². The molecule has 0 bridgehead atoms. The number of rotatable bonds is 9. The minimum atomic E-state index is -0.228. The predicted octanol–water partition coefficient (Wildman–Crippen LogP) is 5.25. The number of ketones is 1. The summed E-state index contributed by atoms with van der Waals surface area (Å²) in [4.78, 5) is 36.3. The van der Waals surface area contributed by atoms with Gasteiger partial charge in [0, 0.05) is 28.9 Å². The second kappa shape index (κ2) is 10.9. The lowest BCUT2D eigenvalue weighted by Gasteiger charge is -2.13. The van der Waals surface area contributed by atoms with Crippen LogP contribution in [-0.2, 0) is 4.79 Å². The van der Waals surface area contributed by atoms with Gasteiger partial charge in [-0.15, -0.1) is 0 Å². The first kappa shape index (κ1) is 22.7. The maximum Gasteiger partial charge on any atom is 0.256 e. The first-order chi connectivity index (χ1) is 15.4. The summed E-state index contributed by atoms with van der Waals surface area (Å²) in [6, 6.07) is 21.4. The molecule has 0 unspecified atom stereocenters. The Morgan fingerprint density at radius 3 is 2.25 bits per heavy atom. The van der Waals surface area contributed by atoms with E-state index in [9.17, 15) is 14.4 Å². The number of benzene rings is 3. The van der Waals surface area contributed by atoms with Gasteiger partial charge in [0.25, 0.3) is 5.91 Å². The number of ether oxygens (including phenoxy) is 1. The van der Waals surface area contributed by atoms with E-state index >= 15 is 0 Å². The lowest BCUT2D eigenvalue weighted by atomic mass is 10.1. The zero-order valence-corrected chi connectivity index (χ0v) is 18.2. The minimum absolute atomic E-state index is 0.00475. The molecule has 3 rings (SSSR count). The summed E-state index contributed by atoms with van der Waals surface area (Å²) in [6.07, 6.45) is 0.818. The van der Waals surface area contributed by atoms with Gasteiger partial charge in [-0.05, 0) is 74.4 Å². The molecule has 6 heteroatoms. The molecule has 0 saturated heterocycles. The van der Waals surface area contributed by atoms with Gasteiger partial charge >= 0.3 is 0 Å². The summed E-state index contributed by atoms with van der Waals surface area (Å²) >= 11 is 0. The number of para-hydroxylation sites is 1. The summed E-state index contributed by atoms with van der Waals surface area (Å²) in [5, 5.41) is 5.74. The quantitative estimate of drug-likeness (QED) is 0.359. The molecular weight excluding hydrogens is 404 g/mol. The van der Waals surface area contributed by atoms with E-state index in [2.05, 4.69) is 10.6 Å². The number of amides is 2. The van der Waals surface area contributed by atoms with E-state index in [-0.39, 0.29) is 24.0 Å².